The number of pyridine rings is 1. The highest BCUT2D eigenvalue weighted by atomic mass is 16.5. The predicted molar refractivity (Wildman–Crippen MR) is 77.4 cm³/mol. The molecule has 5 nitrogen and oxygen atoms in total. The van der Waals surface area contributed by atoms with Crippen molar-refractivity contribution in [3.8, 4) is 5.75 Å². The van der Waals surface area contributed by atoms with Crippen LogP contribution in [0, 0.1) is 13.8 Å². The molecule has 4 N–H and O–H groups in total. The molecule has 1 aromatic heterocycles. The van der Waals surface area contributed by atoms with Gasteiger partial charge in [0.05, 0.1) is 5.69 Å². The zero-order valence-corrected chi connectivity index (χ0v) is 11.5. The first kappa shape index (κ1) is 13.9. The molecule has 0 bridgehead atoms. The molecule has 0 atom stereocenters. The van der Waals surface area contributed by atoms with Crippen molar-refractivity contribution in [1.82, 2.24) is 4.98 Å². The van der Waals surface area contributed by atoms with E-state index in [1.165, 1.54) is 0 Å². The fraction of sp³-hybridized carbons (Fsp3) is 0.200. The minimum atomic E-state index is -0.458. The van der Waals surface area contributed by atoms with E-state index in [1.807, 2.05) is 13.8 Å². The van der Waals surface area contributed by atoms with Gasteiger partial charge in [-0.2, -0.15) is 0 Å². The molecule has 0 saturated heterocycles. The first-order valence-corrected chi connectivity index (χ1v) is 6.22. The largest absolute Gasteiger partial charge is 0.487 e. The molecule has 0 aliphatic heterocycles. The van der Waals surface area contributed by atoms with Gasteiger partial charge >= 0.3 is 0 Å². The van der Waals surface area contributed by atoms with Gasteiger partial charge in [-0.05, 0) is 49.2 Å². The van der Waals surface area contributed by atoms with Crippen LogP contribution in [0.15, 0.2) is 30.5 Å². The molecule has 0 fully saturated rings. The highest BCUT2D eigenvalue weighted by molar-refractivity contribution is 5.92. The molecule has 1 heterocycles. The Bertz CT molecular complexity index is 636. The van der Waals surface area contributed by atoms with Gasteiger partial charge in [-0.25, -0.2) is 0 Å². The lowest BCUT2D eigenvalue weighted by Gasteiger charge is -2.11. The van der Waals surface area contributed by atoms with E-state index in [2.05, 4.69) is 4.98 Å². The zero-order chi connectivity index (χ0) is 14.7. The molecule has 1 amide bonds. The molecule has 0 radical (unpaired) electrons. The van der Waals surface area contributed by atoms with E-state index in [0.717, 1.165) is 22.5 Å². The summed E-state index contributed by atoms with van der Waals surface area (Å²) in [4.78, 5) is 15.3. The van der Waals surface area contributed by atoms with Gasteiger partial charge in [0.15, 0.2) is 0 Å². The molecule has 0 aliphatic carbocycles. The van der Waals surface area contributed by atoms with Gasteiger partial charge in [0.25, 0.3) is 0 Å². The first-order chi connectivity index (χ1) is 9.49. The van der Waals surface area contributed by atoms with Gasteiger partial charge in [-0.1, -0.05) is 0 Å². The molecular formula is C15H17N3O2. The van der Waals surface area contributed by atoms with Gasteiger partial charge in [0.1, 0.15) is 12.4 Å². The van der Waals surface area contributed by atoms with Crippen LogP contribution in [0.1, 0.15) is 27.2 Å². The second-order valence-corrected chi connectivity index (χ2v) is 4.60. The van der Waals surface area contributed by atoms with Crippen LogP contribution in [0.2, 0.25) is 0 Å². The van der Waals surface area contributed by atoms with Crippen molar-refractivity contribution in [3.05, 3.63) is 52.8 Å². The first-order valence-electron chi connectivity index (χ1n) is 6.22. The molecule has 1 aromatic carbocycles. The number of nitrogen functional groups attached to an aromatic ring is 1. The number of rotatable bonds is 4. The summed E-state index contributed by atoms with van der Waals surface area (Å²) in [5.74, 6) is 0.190. The molecule has 2 aromatic rings. The van der Waals surface area contributed by atoms with E-state index in [0.29, 0.717) is 17.9 Å². The Labute approximate surface area is 117 Å². The van der Waals surface area contributed by atoms with E-state index in [4.69, 9.17) is 16.2 Å². The quantitative estimate of drug-likeness (QED) is 0.889. The van der Waals surface area contributed by atoms with Crippen LogP contribution in [-0.2, 0) is 6.61 Å². The number of hydrogen-bond acceptors (Lipinski definition) is 4. The molecule has 104 valence electrons. The van der Waals surface area contributed by atoms with Crippen LogP contribution >= 0.6 is 0 Å². The van der Waals surface area contributed by atoms with E-state index < -0.39 is 5.91 Å². The van der Waals surface area contributed by atoms with Crippen molar-refractivity contribution in [2.45, 2.75) is 20.5 Å². The van der Waals surface area contributed by atoms with Crippen molar-refractivity contribution in [2.75, 3.05) is 5.73 Å². The number of primary amides is 1. The number of carbonyl (C=O) groups is 1. The van der Waals surface area contributed by atoms with Crippen molar-refractivity contribution >= 4 is 11.6 Å². The summed E-state index contributed by atoms with van der Waals surface area (Å²) in [6, 6.07) is 6.66. The van der Waals surface area contributed by atoms with Gasteiger partial charge < -0.3 is 16.2 Å². The summed E-state index contributed by atoms with van der Waals surface area (Å²) in [7, 11) is 0. The minimum absolute atomic E-state index is 0.326. The monoisotopic (exact) mass is 271 g/mol. The Balaban J connectivity index is 2.09. The fourth-order valence-corrected chi connectivity index (χ4v) is 1.80. The molecule has 0 spiro atoms. The van der Waals surface area contributed by atoms with Crippen LogP contribution in [0.25, 0.3) is 0 Å². The number of aromatic nitrogens is 1. The molecule has 5 heteroatoms. The Morgan fingerprint density at radius 3 is 2.50 bits per heavy atom. The summed E-state index contributed by atoms with van der Waals surface area (Å²) in [6.07, 6.45) is 1.73. The third kappa shape index (κ3) is 2.88. The fourth-order valence-electron chi connectivity index (χ4n) is 1.80. The summed E-state index contributed by atoms with van der Waals surface area (Å²) in [5.41, 5.74) is 15.0. The third-order valence-electron chi connectivity index (χ3n) is 3.19. The van der Waals surface area contributed by atoms with Gasteiger partial charge in [0, 0.05) is 17.4 Å². The van der Waals surface area contributed by atoms with Crippen molar-refractivity contribution < 1.29 is 9.53 Å². The summed E-state index contributed by atoms with van der Waals surface area (Å²) in [6.45, 7) is 4.17. The van der Waals surface area contributed by atoms with Crippen LogP contribution in [0.4, 0.5) is 5.69 Å². The van der Waals surface area contributed by atoms with Crippen LogP contribution in [0.5, 0.6) is 5.75 Å². The lowest BCUT2D eigenvalue weighted by molar-refractivity contribution is 0.100. The molecule has 20 heavy (non-hydrogen) atoms. The summed E-state index contributed by atoms with van der Waals surface area (Å²) >= 11 is 0. The maximum absolute atomic E-state index is 11.0. The Morgan fingerprint density at radius 1 is 1.25 bits per heavy atom. The average molecular weight is 271 g/mol. The minimum Gasteiger partial charge on any atom is -0.487 e. The Morgan fingerprint density at radius 2 is 1.90 bits per heavy atom. The molecule has 2 rings (SSSR count). The Kier molecular flexibility index (Phi) is 3.89. The number of amides is 1. The van der Waals surface area contributed by atoms with Gasteiger partial charge in [-0.3, -0.25) is 9.78 Å². The standard InChI is InChI=1S/C15H17N3O2/c1-9-7-18-13(10(2)14(9)16)8-20-12-5-3-11(4-6-12)15(17)19/h3-7H,8H2,1-2H3,(H2,16,18)(H2,17,19). The number of anilines is 1. The second kappa shape index (κ2) is 5.61. The highest BCUT2D eigenvalue weighted by Crippen LogP contribution is 2.20. The lowest BCUT2D eigenvalue weighted by atomic mass is 10.1. The summed E-state index contributed by atoms with van der Waals surface area (Å²) in [5, 5.41) is 0. The number of nitrogens with zero attached hydrogens (tertiary/aromatic N) is 1. The average Bonchev–Trinajstić information content (AvgIpc) is 2.44. The number of ether oxygens (including phenoxy) is 1. The topological polar surface area (TPSA) is 91.2 Å². The van der Waals surface area contributed by atoms with E-state index in [-0.39, 0.29) is 0 Å². The predicted octanol–water partition coefficient (Wildman–Crippen LogP) is 1.96. The van der Waals surface area contributed by atoms with E-state index in [9.17, 15) is 4.79 Å². The van der Waals surface area contributed by atoms with E-state index >= 15 is 0 Å². The maximum Gasteiger partial charge on any atom is 0.248 e. The van der Waals surface area contributed by atoms with Crippen LogP contribution in [0.3, 0.4) is 0 Å². The van der Waals surface area contributed by atoms with Crippen molar-refractivity contribution in [3.63, 3.8) is 0 Å². The Hall–Kier alpha value is -2.56. The second-order valence-electron chi connectivity index (χ2n) is 4.60. The number of hydrogen-bond donors (Lipinski definition) is 2. The van der Waals surface area contributed by atoms with Crippen LogP contribution < -0.4 is 16.2 Å². The van der Waals surface area contributed by atoms with Gasteiger partial charge in [-0.15, -0.1) is 0 Å². The van der Waals surface area contributed by atoms with E-state index in [1.54, 1.807) is 30.5 Å². The number of benzene rings is 1. The zero-order valence-electron chi connectivity index (χ0n) is 11.5. The number of carbonyl (C=O) groups excluding carboxylic acids is 1. The van der Waals surface area contributed by atoms with Gasteiger partial charge in [0.2, 0.25) is 5.91 Å². The molecule has 0 aliphatic rings. The molecule has 0 saturated carbocycles. The van der Waals surface area contributed by atoms with Crippen molar-refractivity contribution in [1.29, 1.82) is 0 Å². The number of nitrogens with two attached hydrogens (primary N) is 2. The number of aryl methyl sites for hydroxylation is 1. The third-order valence-corrected chi connectivity index (χ3v) is 3.19. The highest BCUT2D eigenvalue weighted by Gasteiger charge is 2.07. The molecular weight excluding hydrogens is 254 g/mol. The maximum atomic E-state index is 11.0. The smallest absolute Gasteiger partial charge is 0.248 e. The van der Waals surface area contributed by atoms with Crippen molar-refractivity contribution in [2.24, 2.45) is 5.73 Å². The van der Waals surface area contributed by atoms with Crippen LogP contribution in [-0.4, -0.2) is 10.9 Å². The normalized spacial score (nSPS) is 10.3. The SMILES string of the molecule is Cc1cnc(COc2ccc(C(N)=O)cc2)c(C)c1N. The summed E-state index contributed by atoms with van der Waals surface area (Å²) < 4.78 is 5.63. The lowest BCUT2D eigenvalue weighted by Crippen LogP contribution is -2.10. The molecule has 0 unspecified atom stereocenters.